The van der Waals surface area contributed by atoms with Crippen LogP contribution in [-0.2, 0) is 0 Å². The van der Waals surface area contributed by atoms with Crippen molar-refractivity contribution in [3.8, 4) is 11.4 Å². The summed E-state index contributed by atoms with van der Waals surface area (Å²) in [5.41, 5.74) is 3.02. The number of aromatic nitrogens is 2. The molecule has 0 saturated heterocycles. The number of fused-ring (bicyclic) bond motifs is 1. The first-order valence-corrected chi connectivity index (χ1v) is 6.91. The minimum absolute atomic E-state index is 0.0730. The number of hydrogen-bond donors (Lipinski definition) is 1. The Bertz CT molecular complexity index is 847. The minimum Gasteiger partial charge on any atom is -0.306 e. The second kappa shape index (κ2) is 4.30. The molecule has 0 radical (unpaired) electrons. The molecule has 0 spiro atoms. The highest BCUT2D eigenvalue weighted by Gasteiger charge is 2.26. The van der Waals surface area contributed by atoms with Crippen molar-refractivity contribution >= 4 is 10.9 Å². The summed E-state index contributed by atoms with van der Waals surface area (Å²) >= 11 is 0. The monoisotopic (exact) mass is 262 g/mol. The van der Waals surface area contributed by atoms with E-state index in [1.54, 1.807) is 6.07 Å². The molecule has 1 saturated carbocycles. The van der Waals surface area contributed by atoms with Gasteiger partial charge in [-0.05, 0) is 36.5 Å². The molecule has 3 aromatic rings. The lowest BCUT2D eigenvalue weighted by atomic mass is 10.0. The molecule has 0 atom stereocenters. The molecule has 0 bridgehead atoms. The van der Waals surface area contributed by atoms with Gasteiger partial charge in [0.2, 0.25) is 0 Å². The first kappa shape index (κ1) is 11.4. The maximum Gasteiger partial charge on any atom is 0.259 e. The van der Waals surface area contributed by atoms with Crippen LogP contribution in [0, 0.1) is 0 Å². The molecule has 3 nitrogen and oxygen atoms in total. The Morgan fingerprint density at radius 1 is 1.00 bits per heavy atom. The number of aromatic amines is 1. The van der Waals surface area contributed by atoms with Crippen LogP contribution < -0.4 is 5.56 Å². The average Bonchev–Trinajstić information content (AvgIpc) is 3.32. The van der Waals surface area contributed by atoms with Crippen molar-refractivity contribution in [1.29, 1.82) is 0 Å². The van der Waals surface area contributed by atoms with Gasteiger partial charge in [-0.15, -0.1) is 0 Å². The standard InChI is InChI=1S/C17H14N2O/c20-17-14-7-3-4-8-15(14)18-16(19-17)13-6-2-1-5-12(13)11-9-10-11/h1-8,11H,9-10H2,(H,18,19,20). The predicted octanol–water partition coefficient (Wildman–Crippen LogP) is 3.47. The lowest BCUT2D eigenvalue weighted by Gasteiger charge is -2.08. The summed E-state index contributed by atoms with van der Waals surface area (Å²) in [6.07, 6.45) is 2.46. The number of benzene rings is 2. The van der Waals surface area contributed by atoms with E-state index in [9.17, 15) is 4.79 Å². The summed E-state index contributed by atoms with van der Waals surface area (Å²) in [6, 6.07) is 15.7. The highest BCUT2D eigenvalue weighted by molar-refractivity contribution is 5.79. The van der Waals surface area contributed by atoms with Gasteiger partial charge < -0.3 is 4.98 Å². The zero-order chi connectivity index (χ0) is 13.5. The Morgan fingerprint density at radius 3 is 2.60 bits per heavy atom. The van der Waals surface area contributed by atoms with Gasteiger partial charge in [0, 0.05) is 5.56 Å². The molecular formula is C17H14N2O. The fraction of sp³-hybridized carbons (Fsp3) is 0.176. The number of rotatable bonds is 2. The Balaban J connectivity index is 1.97. The van der Waals surface area contributed by atoms with E-state index >= 15 is 0 Å². The van der Waals surface area contributed by atoms with Crippen LogP contribution in [0.1, 0.15) is 24.3 Å². The van der Waals surface area contributed by atoms with Gasteiger partial charge >= 0.3 is 0 Å². The number of nitrogens with zero attached hydrogens (tertiary/aromatic N) is 1. The molecule has 1 aliphatic carbocycles. The third-order valence-corrected chi connectivity index (χ3v) is 3.85. The molecule has 4 rings (SSSR count). The van der Waals surface area contributed by atoms with E-state index in [-0.39, 0.29) is 5.56 Å². The normalized spacial score (nSPS) is 14.6. The van der Waals surface area contributed by atoms with Gasteiger partial charge in [0.25, 0.3) is 5.56 Å². The first-order valence-electron chi connectivity index (χ1n) is 6.91. The molecule has 1 N–H and O–H groups in total. The minimum atomic E-state index is -0.0730. The van der Waals surface area contributed by atoms with Gasteiger partial charge in [0.15, 0.2) is 0 Å². The second-order valence-corrected chi connectivity index (χ2v) is 5.29. The smallest absolute Gasteiger partial charge is 0.259 e. The fourth-order valence-corrected chi connectivity index (χ4v) is 2.68. The summed E-state index contributed by atoms with van der Waals surface area (Å²) in [7, 11) is 0. The maximum atomic E-state index is 12.2. The third-order valence-electron chi connectivity index (χ3n) is 3.85. The summed E-state index contributed by atoms with van der Waals surface area (Å²) in [5, 5.41) is 0.639. The van der Waals surface area contributed by atoms with Gasteiger partial charge in [-0.25, -0.2) is 4.98 Å². The summed E-state index contributed by atoms with van der Waals surface area (Å²) in [6.45, 7) is 0. The lowest BCUT2D eigenvalue weighted by Crippen LogP contribution is -2.10. The van der Waals surface area contributed by atoms with Gasteiger partial charge in [0.1, 0.15) is 5.82 Å². The van der Waals surface area contributed by atoms with Crippen LogP contribution in [0.2, 0.25) is 0 Å². The molecule has 1 fully saturated rings. The molecule has 0 aliphatic heterocycles. The molecule has 1 heterocycles. The Hall–Kier alpha value is -2.42. The SMILES string of the molecule is O=c1[nH]c(-c2ccccc2C2CC2)nc2ccccc12. The molecule has 2 aromatic carbocycles. The van der Waals surface area contributed by atoms with E-state index in [0.717, 1.165) is 11.1 Å². The number of nitrogens with one attached hydrogen (secondary N) is 1. The van der Waals surface area contributed by atoms with Crippen LogP contribution in [0.4, 0.5) is 0 Å². The molecule has 0 amide bonds. The highest BCUT2D eigenvalue weighted by atomic mass is 16.1. The van der Waals surface area contributed by atoms with Crippen LogP contribution in [0.3, 0.4) is 0 Å². The second-order valence-electron chi connectivity index (χ2n) is 5.29. The van der Waals surface area contributed by atoms with E-state index < -0.39 is 0 Å². The summed E-state index contributed by atoms with van der Waals surface area (Å²) < 4.78 is 0. The largest absolute Gasteiger partial charge is 0.306 e. The van der Waals surface area contributed by atoms with E-state index in [4.69, 9.17) is 0 Å². The molecule has 98 valence electrons. The molecule has 0 unspecified atom stereocenters. The lowest BCUT2D eigenvalue weighted by molar-refractivity contribution is 1.10. The van der Waals surface area contributed by atoms with Crippen LogP contribution in [0.15, 0.2) is 53.3 Å². The van der Waals surface area contributed by atoms with E-state index in [2.05, 4.69) is 22.1 Å². The van der Waals surface area contributed by atoms with Gasteiger partial charge in [-0.3, -0.25) is 4.79 Å². The Morgan fingerprint density at radius 2 is 1.75 bits per heavy atom. The quantitative estimate of drug-likeness (QED) is 0.768. The van der Waals surface area contributed by atoms with Crippen molar-refractivity contribution in [3.05, 3.63) is 64.4 Å². The summed E-state index contributed by atoms with van der Waals surface area (Å²) in [5.74, 6) is 1.30. The zero-order valence-corrected chi connectivity index (χ0v) is 11.0. The topological polar surface area (TPSA) is 45.8 Å². The van der Waals surface area contributed by atoms with Gasteiger partial charge in [-0.1, -0.05) is 36.4 Å². The van der Waals surface area contributed by atoms with Crippen molar-refractivity contribution in [3.63, 3.8) is 0 Å². The van der Waals surface area contributed by atoms with Crippen molar-refractivity contribution in [2.75, 3.05) is 0 Å². The van der Waals surface area contributed by atoms with E-state index in [0.29, 0.717) is 17.1 Å². The number of para-hydroxylation sites is 1. The number of hydrogen-bond acceptors (Lipinski definition) is 2. The molecule has 20 heavy (non-hydrogen) atoms. The van der Waals surface area contributed by atoms with Crippen LogP contribution in [0.25, 0.3) is 22.3 Å². The van der Waals surface area contributed by atoms with Crippen molar-refractivity contribution < 1.29 is 0 Å². The van der Waals surface area contributed by atoms with Crippen molar-refractivity contribution in [1.82, 2.24) is 9.97 Å². The van der Waals surface area contributed by atoms with Gasteiger partial charge in [0.05, 0.1) is 10.9 Å². The van der Waals surface area contributed by atoms with Crippen LogP contribution in [-0.4, -0.2) is 9.97 Å². The van der Waals surface area contributed by atoms with Gasteiger partial charge in [-0.2, -0.15) is 0 Å². The summed E-state index contributed by atoms with van der Waals surface area (Å²) in [4.78, 5) is 19.7. The first-order chi connectivity index (χ1) is 9.83. The van der Waals surface area contributed by atoms with Crippen LogP contribution >= 0.6 is 0 Å². The number of H-pyrrole nitrogens is 1. The average molecular weight is 262 g/mol. The molecule has 1 aromatic heterocycles. The fourth-order valence-electron chi connectivity index (χ4n) is 2.68. The molecular weight excluding hydrogens is 248 g/mol. The Kier molecular flexibility index (Phi) is 2.46. The van der Waals surface area contributed by atoms with E-state index in [1.165, 1.54) is 18.4 Å². The van der Waals surface area contributed by atoms with E-state index in [1.807, 2.05) is 30.3 Å². The highest BCUT2D eigenvalue weighted by Crippen LogP contribution is 2.43. The third kappa shape index (κ3) is 1.83. The maximum absolute atomic E-state index is 12.2. The zero-order valence-electron chi connectivity index (χ0n) is 11.0. The Labute approximate surface area is 116 Å². The van der Waals surface area contributed by atoms with Crippen molar-refractivity contribution in [2.45, 2.75) is 18.8 Å². The molecule has 3 heteroatoms. The molecule has 1 aliphatic rings. The van der Waals surface area contributed by atoms with Crippen LogP contribution in [0.5, 0.6) is 0 Å². The van der Waals surface area contributed by atoms with Crippen molar-refractivity contribution in [2.24, 2.45) is 0 Å². The predicted molar refractivity (Wildman–Crippen MR) is 79.8 cm³/mol.